The third-order valence-electron chi connectivity index (χ3n) is 18.5. The summed E-state index contributed by atoms with van der Waals surface area (Å²) in [4.78, 5) is 72.9. The van der Waals surface area contributed by atoms with Gasteiger partial charge in [0.05, 0.1) is 26.4 Å². The van der Waals surface area contributed by atoms with Gasteiger partial charge in [-0.05, 0) is 31.6 Å². The number of phosphoric ester groups is 2. The molecule has 0 saturated carbocycles. The van der Waals surface area contributed by atoms with E-state index in [1.165, 1.54) is 244 Å². The number of hydrogen-bond donors (Lipinski definition) is 3. The molecule has 0 bridgehead atoms. The molecule has 0 aliphatic carbocycles. The zero-order valence-electron chi connectivity index (χ0n) is 63.9. The van der Waals surface area contributed by atoms with Gasteiger partial charge >= 0.3 is 39.5 Å². The first kappa shape index (κ1) is 96.1. The predicted molar refractivity (Wildman–Crippen MR) is 400 cm³/mol. The van der Waals surface area contributed by atoms with E-state index in [4.69, 9.17) is 37.0 Å². The maximum atomic E-state index is 13.1. The summed E-state index contributed by atoms with van der Waals surface area (Å²) in [5.41, 5.74) is 0. The van der Waals surface area contributed by atoms with Gasteiger partial charge in [0.25, 0.3) is 0 Å². The third kappa shape index (κ3) is 72.4. The summed E-state index contributed by atoms with van der Waals surface area (Å²) in [6, 6.07) is 0. The van der Waals surface area contributed by atoms with E-state index in [0.29, 0.717) is 25.7 Å². The molecule has 582 valence electrons. The average molecular weight is 1440 g/mol. The van der Waals surface area contributed by atoms with Crippen LogP contribution in [0, 0.1) is 5.92 Å². The van der Waals surface area contributed by atoms with Crippen molar-refractivity contribution >= 4 is 39.5 Å². The molecule has 98 heavy (non-hydrogen) atoms. The zero-order valence-corrected chi connectivity index (χ0v) is 65.7. The number of hydrogen-bond acceptors (Lipinski definition) is 15. The van der Waals surface area contributed by atoms with Crippen molar-refractivity contribution in [1.29, 1.82) is 0 Å². The normalized spacial score (nSPS) is 13.9. The minimum atomic E-state index is -4.96. The largest absolute Gasteiger partial charge is 0.472 e. The van der Waals surface area contributed by atoms with Crippen molar-refractivity contribution in [2.75, 3.05) is 39.6 Å². The number of aliphatic hydroxyl groups is 1. The van der Waals surface area contributed by atoms with Crippen LogP contribution in [0.3, 0.4) is 0 Å². The molecule has 0 rings (SSSR count). The van der Waals surface area contributed by atoms with Gasteiger partial charge in [-0.25, -0.2) is 9.13 Å². The van der Waals surface area contributed by atoms with Crippen LogP contribution >= 0.6 is 15.6 Å². The quantitative estimate of drug-likeness (QED) is 0.0222. The molecule has 17 nitrogen and oxygen atoms in total. The topological polar surface area (TPSA) is 237 Å². The lowest BCUT2D eigenvalue weighted by Gasteiger charge is -2.21. The smallest absolute Gasteiger partial charge is 0.462 e. The number of ether oxygens (including phenoxy) is 4. The molecular weight excluding hydrogens is 1280 g/mol. The summed E-state index contributed by atoms with van der Waals surface area (Å²) >= 11 is 0. The Bertz CT molecular complexity index is 1870. The molecular formula is C79H154O17P2. The number of aliphatic hydroxyl groups excluding tert-OH is 1. The number of carbonyl (C=O) groups is 4. The van der Waals surface area contributed by atoms with Crippen molar-refractivity contribution < 1.29 is 80.2 Å². The van der Waals surface area contributed by atoms with E-state index in [-0.39, 0.29) is 25.7 Å². The van der Waals surface area contributed by atoms with E-state index in [2.05, 4.69) is 34.6 Å². The van der Waals surface area contributed by atoms with Gasteiger partial charge in [0, 0.05) is 25.7 Å². The fraction of sp³-hybridized carbons (Fsp3) is 0.949. The summed E-state index contributed by atoms with van der Waals surface area (Å²) in [6.45, 7) is 7.33. The Balaban J connectivity index is 5.22. The van der Waals surface area contributed by atoms with E-state index in [0.717, 1.165) is 95.8 Å². The molecule has 0 aliphatic rings. The molecule has 3 N–H and O–H groups in total. The molecule has 0 radical (unpaired) electrons. The average Bonchev–Trinajstić information content (AvgIpc) is 1.15. The summed E-state index contributed by atoms with van der Waals surface area (Å²) in [5, 5.41) is 10.6. The zero-order chi connectivity index (χ0) is 71.9. The van der Waals surface area contributed by atoms with Gasteiger partial charge in [0.2, 0.25) is 0 Å². The number of rotatable bonds is 79. The Hall–Kier alpha value is -1.94. The van der Waals surface area contributed by atoms with Gasteiger partial charge in [0.15, 0.2) is 12.2 Å². The SMILES string of the molecule is CCCCCCCCCCCCCCCCCCCCCCC(=O)O[C@H](COC(=O)CCCCCCCCCCCCCCCC(C)C)COP(=O)(O)OC[C@@H](O)COP(=O)(O)OC[C@@H](COC(=O)CCCCCCCCCCCC)OC(=O)CCCCCCCCCCCCCC. The Morgan fingerprint density at radius 3 is 0.694 bits per heavy atom. The molecule has 0 aliphatic heterocycles. The summed E-state index contributed by atoms with van der Waals surface area (Å²) in [5.74, 6) is -1.32. The molecule has 0 spiro atoms. The molecule has 2 unspecified atom stereocenters. The van der Waals surface area contributed by atoms with Gasteiger partial charge in [-0.2, -0.15) is 0 Å². The van der Waals surface area contributed by atoms with Crippen LogP contribution < -0.4 is 0 Å². The summed E-state index contributed by atoms with van der Waals surface area (Å²) in [7, 11) is -9.91. The molecule has 0 heterocycles. The fourth-order valence-corrected chi connectivity index (χ4v) is 13.8. The monoisotopic (exact) mass is 1440 g/mol. The Labute approximate surface area is 600 Å². The van der Waals surface area contributed by atoms with Crippen molar-refractivity contribution in [3.05, 3.63) is 0 Å². The van der Waals surface area contributed by atoms with Crippen LogP contribution in [0.25, 0.3) is 0 Å². The van der Waals surface area contributed by atoms with Crippen molar-refractivity contribution in [3.63, 3.8) is 0 Å². The van der Waals surface area contributed by atoms with Gasteiger partial charge < -0.3 is 33.8 Å². The van der Waals surface area contributed by atoms with Crippen LogP contribution in [-0.2, 0) is 65.4 Å². The summed E-state index contributed by atoms with van der Waals surface area (Å²) in [6.07, 6.45) is 62.4. The van der Waals surface area contributed by atoms with Crippen LogP contribution in [0.5, 0.6) is 0 Å². The highest BCUT2D eigenvalue weighted by atomic mass is 31.2. The van der Waals surface area contributed by atoms with Crippen LogP contribution in [0.1, 0.15) is 420 Å². The maximum Gasteiger partial charge on any atom is 0.472 e. The van der Waals surface area contributed by atoms with E-state index in [1.54, 1.807) is 0 Å². The van der Waals surface area contributed by atoms with Crippen molar-refractivity contribution in [2.45, 2.75) is 438 Å². The number of phosphoric acid groups is 2. The van der Waals surface area contributed by atoms with Crippen molar-refractivity contribution in [1.82, 2.24) is 0 Å². The minimum absolute atomic E-state index is 0.108. The van der Waals surface area contributed by atoms with Crippen molar-refractivity contribution in [3.8, 4) is 0 Å². The standard InChI is InChI=1S/C79H154O17P2/c1-6-9-12-15-18-21-24-26-27-28-29-30-31-32-35-40-45-50-55-60-65-79(84)96-75(69-90-77(82)63-58-53-48-43-39-36-33-34-37-41-46-51-56-61-72(4)5)71-94-98(87,88)92-67-73(80)66-91-97(85,86)93-70-74(68-89-76(81)62-57-52-47-42-23-20-17-14-11-8-3)95-78(83)64-59-54-49-44-38-25-22-19-16-13-10-7-2/h72-75,80H,6-71H2,1-5H3,(H,85,86)(H,87,88)/t73-,74+,75+/m0/s1. The molecule has 0 amide bonds. The molecule has 0 aromatic heterocycles. The lowest BCUT2D eigenvalue weighted by Crippen LogP contribution is -2.30. The molecule has 0 fully saturated rings. The Kier molecular flexibility index (Phi) is 70.6. The second kappa shape index (κ2) is 72.0. The number of esters is 4. The minimum Gasteiger partial charge on any atom is -0.462 e. The van der Waals surface area contributed by atoms with Gasteiger partial charge in [-0.1, -0.05) is 369 Å². The molecule has 19 heteroatoms. The van der Waals surface area contributed by atoms with Crippen molar-refractivity contribution in [2.24, 2.45) is 5.92 Å². The summed E-state index contributed by atoms with van der Waals surface area (Å²) < 4.78 is 68.6. The van der Waals surface area contributed by atoms with Gasteiger partial charge in [-0.15, -0.1) is 0 Å². The number of carbonyl (C=O) groups excluding carboxylic acids is 4. The first-order valence-corrected chi connectivity index (χ1v) is 44.1. The van der Waals surface area contributed by atoms with E-state index < -0.39 is 97.5 Å². The first-order valence-electron chi connectivity index (χ1n) is 41.1. The lowest BCUT2D eigenvalue weighted by atomic mass is 10.0. The Morgan fingerprint density at radius 1 is 0.276 bits per heavy atom. The highest BCUT2D eigenvalue weighted by molar-refractivity contribution is 7.47. The van der Waals surface area contributed by atoms with Crippen LogP contribution in [-0.4, -0.2) is 96.7 Å². The van der Waals surface area contributed by atoms with E-state index in [9.17, 15) is 43.2 Å². The molecule has 0 saturated heterocycles. The van der Waals surface area contributed by atoms with Crippen LogP contribution in [0.2, 0.25) is 0 Å². The highest BCUT2D eigenvalue weighted by Gasteiger charge is 2.30. The maximum absolute atomic E-state index is 13.1. The highest BCUT2D eigenvalue weighted by Crippen LogP contribution is 2.45. The second-order valence-electron chi connectivity index (χ2n) is 28.9. The third-order valence-corrected chi connectivity index (χ3v) is 20.4. The first-order chi connectivity index (χ1) is 47.5. The van der Waals surface area contributed by atoms with Gasteiger partial charge in [-0.3, -0.25) is 37.3 Å². The van der Waals surface area contributed by atoms with E-state index in [1.807, 2.05) is 0 Å². The van der Waals surface area contributed by atoms with Crippen LogP contribution in [0.15, 0.2) is 0 Å². The number of unbranched alkanes of at least 4 members (excludes halogenated alkanes) is 51. The molecule has 0 aromatic rings. The van der Waals surface area contributed by atoms with Gasteiger partial charge in [0.1, 0.15) is 19.3 Å². The lowest BCUT2D eigenvalue weighted by molar-refractivity contribution is -0.161. The van der Waals surface area contributed by atoms with E-state index >= 15 is 0 Å². The molecule has 0 aromatic carbocycles. The second-order valence-corrected chi connectivity index (χ2v) is 31.8. The molecule has 5 atom stereocenters. The Morgan fingerprint density at radius 2 is 0.469 bits per heavy atom. The fourth-order valence-electron chi connectivity index (χ4n) is 12.2. The predicted octanol–water partition coefficient (Wildman–Crippen LogP) is 23.6. The van der Waals surface area contributed by atoms with Crippen LogP contribution in [0.4, 0.5) is 0 Å².